The zero-order valence-electron chi connectivity index (χ0n) is 9.43. The molecule has 14 heavy (non-hydrogen) atoms. The predicted octanol–water partition coefficient (Wildman–Crippen LogP) is 1.00. The smallest absolute Gasteiger partial charge is 0.219 e. The van der Waals surface area contributed by atoms with Crippen LogP contribution in [0, 0.1) is 0 Å². The molecule has 0 bridgehead atoms. The van der Waals surface area contributed by atoms with Gasteiger partial charge < -0.3 is 15.8 Å². The van der Waals surface area contributed by atoms with Gasteiger partial charge in [0.2, 0.25) is 5.91 Å². The average Bonchev–Trinajstić information content (AvgIpc) is 2.03. The Hall–Kier alpha value is -0.610. The lowest BCUT2D eigenvalue weighted by molar-refractivity contribution is -0.121. The van der Waals surface area contributed by atoms with Gasteiger partial charge in [0, 0.05) is 13.0 Å². The SMILES string of the molecule is CCCC(=O)NCCC(C)(C)OCN. The summed E-state index contributed by atoms with van der Waals surface area (Å²) in [6, 6.07) is 0. The molecule has 0 aliphatic heterocycles. The van der Waals surface area contributed by atoms with Crippen molar-refractivity contribution in [2.75, 3.05) is 13.3 Å². The van der Waals surface area contributed by atoms with E-state index in [1.807, 2.05) is 20.8 Å². The molecule has 1 amide bonds. The lowest BCUT2D eigenvalue weighted by Crippen LogP contribution is -2.34. The van der Waals surface area contributed by atoms with Crippen molar-refractivity contribution in [2.45, 2.75) is 45.6 Å². The largest absolute Gasteiger partial charge is 0.361 e. The molecule has 0 saturated carbocycles. The Morgan fingerprint density at radius 2 is 2.14 bits per heavy atom. The second-order valence-corrected chi connectivity index (χ2v) is 3.92. The molecule has 4 heteroatoms. The summed E-state index contributed by atoms with van der Waals surface area (Å²) >= 11 is 0. The van der Waals surface area contributed by atoms with Gasteiger partial charge in [-0.25, -0.2) is 0 Å². The van der Waals surface area contributed by atoms with Crippen LogP contribution in [0.1, 0.15) is 40.0 Å². The Bertz CT molecular complexity index is 170. The number of nitrogens with one attached hydrogen (secondary N) is 1. The molecule has 0 aliphatic carbocycles. The van der Waals surface area contributed by atoms with Crippen LogP contribution in [0.4, 0.5) is 0 Å². The second-order valence-electron chi connectivity index (χ2n) is 3.92. The highest BCUT2D eigenvalue weighted by Gasteiger charge is 2.17. The molecular formula is C10H22N2O2. The number of rotatable bonds is 7. The summed E-state index contributed by atoms with van der Waals surface area (Å²) in [5.41, 5.74) is 5.03. The maximum Gasteiger partial charge on any atom is 0.219 e. The summed E-state index contributed by atoms with van der Waals surface area (Å²) in [7, 11) is 0. The topological polar surface area (TPSA) is 64.3 Å². The van der Waals surface area contributed by atoms with Crippen molar-refractivity contribution < 1.29 is 9.53 Å². The molecule has 0 unspecified atom stereocenters. The normalized spacial score (nSPS) is 11.4. The summed E-state index contributed by atoms with van der Waals surface area (Å²) in [6.07, 6.45) is 2.26. The fourth-order valence-electron chi connectivity index (χ4n) is 1.12. The zero-order valence-corrected chi connectivity index (χ0v) is 9.43. The monoisotopic (exact) mass is 202 g/mol. The van der Waals surface area contributed by atoms with Crippen LogP contribution in [0.3, 0.4) is 0 Å². The highest BCUT2D eigenvalue weighted by Crippen LogP contribution is 2.12. The van der Waals surface area contributed by atoms with Crippen molar-refractivity contribution in [3.63, 3.8) is 0 Å². The minimum absolute atomic E-state index is 0.107. The molecule has 0 aliphatic rings. The van der Waals surface area contributed by atoms with Gasteiger partial charge in [-0.2, -0.15) is 0 Å². The van der Waals surface area contributed by atoms with Crippen LogP contribution in [0.25, 0.3) is 0 Å². The number of hydrogen-bond donors (Lipinski definition) is 2. The summed E-state index contributed by atoms with van der Waals surface area (Å²) in [4.78, 5) is 11.1. The first-order valence-electron chi connectivity index (χ1n) is 5.12. The highest BCUT2D eigenvalue weighted by molar-refractivity contribution is 5.75. The summed E-state index contributed by atoms with van der Waals surface area (Å²) in [5, 5.41) is 2.84. The van der Waals surface area contributed by atoms with Crippen LogP contribution in [-0.2, 0) is 9.53 Å². The molecule has 0 heterocycles. The standard InChI is InChI=1S/C10H22N2O2/c1-4-5-9(13)12-7-6-10(2,3)14-8-11/h4-8,11H2,1-3H3,(H,12,13). The first-order chi connectivity index (χ1) is 6.52. The first-order valence-corrected chi connectivity index (χ1v) is 5.12. The third-order valence-electron chi connectivity index (χ3n) is 2.00. The van der Waals surface area contributed by atoms with E-state index in [1.165, 1.54) is 0 Å². The van der Waals surface area contributed by atoms with Crippen LogP contribution in [0.15, 0.2) is 0 Å². The van der Waals surface area contributed by atoms with Gasteiger partial charge in [-0.1, -0.05) is 6.92 Å². The Kier molecular flexibility index (Phi) is 6.49. The van der Waals surface area contributed by atoms with Gasteiger partial charge in [0.15, 0.2) is 0 Å². The molecule has 0 aromatic carbocycles. The van der Waals surface area contributed by atoms with Crippen LogP contribution in [-0.4, -0.2) is 24.8 Å². The van der Waals surface area contributed by atoms with Crippen molar-refractivity contribution in [1.29, 1.82) is 0 Å². The molecule has 0 atom stereocenters. The van der Waals surface area contributed by atoms with E-state index in [4.69, 9.17) is 10.5 Å². The van der Waals surface area contributed by atoms with Gasteiger partial charge in [-0.05, 0) is 26.7 Å². The van der Waals surface area contributed by atoms with Crippen molar-refractivity contribution in [3.05, 3.63) is 0 Å². The van der Waals surface area contributed by atoms with E-state index in [9.17, 15) is 4.79 Å². The van der Waals surface area contributed by atoms with Gasteiger partial charge in [0.05, 0.1) is 12.3 Å². The molecule has 0 radical (unpaired) electrons. The van der Waals surface area contributed by atoms with E-state index < -0.39 is 0 Å². The van der Waals surface area contributed by atoms with Crippen molar-refractivity contribution in [3.8, 4) is 0 Å². The third-order valence-corrected chi connectivity index (χ3v) is 2.00. The van der Waals surface area contributed by atoms with E-state index in [-0.39, 0.29) is 18.2 Å². The molecule has 3 N–H and O–H groups in total. The number of amides is 1. The summed E-state index contributed by atoms with van der Waals surface area (Å²) in [6.45, 7) is 6.78. The van der Waals surface area contributed by atoms with Gasteiger partial charge in [0.1, 0.15) is 0 Å². The van der Waals surface area contributed by atoms with Gasteiger partial charge in [0.25, 0.3) is 0 Å². The predicted molar refractivity (Wildman–Crippen MR) is 56.8 cm³/mol. The van der Waals surface area contributed by atoms with Gasteiger partial charge >= 0.3 is 0 Å². The van der Waals surface area contributed by atoms with Gasteiger partial charge in [-0.3, -0.25) is 4.79 Å². The molecule has 84 valence electrons. The molecule has 0 fully saturated rings. The Labute approximate surface area is 86.2 Å². The quantitative estimate of drug-likeness (QED) is 0.605. The number of hydrogen-bond acceptors (Lipinski definition) is 3. The first kappa shape index (κ1) is 13.4. The third kappa shape index (κ3) is 6.86. The molecule has 0 spiro atoms. The second kappa shape index (κ2) is 6.79. The van der Waals surface area contributed by atoms with Crippen molar-refractivity contribution in [2.24, 2.45) is 5.73 Å². The average molecular weight is 202 g/mol. The van der Waals surface area contributed by atoms with E-state index >= 15 is 0 Å². The Morgan fingerprint density at radius 1 is 1.50 bits per heavy atom. The number of ether oxygens (including phenoxy) is 1. The number of carbonyl (C=O) groups excluding carboxylic acids is 1. The maximum absolute atomic E-state index is 11.1. The zero-order chi connectivity index (χ0) is 11.0. The molecule has 0 saturated heterocycles. The van der Waals surface area contributed by atoms with Crippen LogP contribution >= 0.6 is 0 Å². The van der Waals surface area contributed by atoms with Crippen LogP contribution in [0.5, 0.6) is 0 Å². The molecule has 0 aromatic heterocycles. The fraction of sp³-hybridized carbons (Fsp3) is 0.900. The lowest BCUT2D eigenvalue weighted by atomic mass is 10.1. The Morgan fingerprint density at radius 3 is 2.64 bits per heavy atom. The highest BCUT2D eigenvalue weighted by atomic mass is 16.5. The maximum atomic E-state index is 11.1. The molecular weight excluding hydrogens is 180 g/mol. The van der Waals surface area contributed by atoms with Crippen LogP contribution < -0.4 is 11.1 Å². The van der Waals surface area contributed by atoms with Crippen LogP contribution in [0.2, 0.25) is 0 Å². The minimum atomic E-state index is -0.256. The van der Waals surface area contributed by atoms with E-state index in [0.717, 1.165) is 12.8 Å². The summed E-state index contributed by atoms with van der Waals surface area (Å²) < 4.78 is 5.30. The van der Waals surface area contributed by atoms with Gasteiger partial charge in [-0.15, -0.1) is 0 Å². The van der Waals surface area contributed by atoms with E-state index in [0.29, 0.717) is 13.0 Å². The Balaban J connectivity index is 3.57. The molecule has 4 nitrogen and oxygen atoms in total. The number of nitrogens with two attached hydrogens (primary N) is 1. The minimum Gasteiger partial charge on any atom is -0.361 e. The van der Waals surface area contributed by atoms with E-state index in [1.54, 1.807) is 0 Å². The van der Waals surface area contributed by atoms with Crippen molar-refractivity contribution in [1.82, 2.24) is 5.32 Å². The molecule has 0 rings (SSSR count). The lowest BCUT2D eigenvalue weighted by Gasteiger charge is -2.24. The fourth-order valence-corrected chi connectivity index (χ4v) is 1.12. The van der Waals surface area contributed by atoms with Crippen molar-refractivity contribution >= 4 is 5.91 Å². The number of carbonyl (C=O) groups is 1. The summed E-state index contributed by atoms with van der Waals surface area (Å²) in [5.74, 6) is 0.107. The van der Waals surface area contributed by atoms with E-state index in [2.05, 4.69) is 5.32 Å². The molecule has 0 aromatic rings.